The Hall–Kier alpha value is -3.26. The standard InChI is InChI=1S/C20H18N4O3S/c1-14-6-7-15(2)17(11-14)23-10-8-21-20(23)28(26,27)13-16-12-19(25)24-9-4-3-5-18(24)22-16/h3-12H,13H2,1-2H3. The van der Waals surface area contributed by atoms with Gasteiger partial charge in [0.05, 0.1) is 11.4 Å². The summed E-state index contributed by atoms with van der Waals surface area (Å²) in [5, 5.41) is -0.0729. The van der Waals surface area contributed by atoms with Crippen LogP contribution in [0.15, 0.2) is 71.0 Å². The van der Waals surface area contributed by atoms with E-state index >= 15 is 0 Å². The molecule has 0 saturated carbocycles. The summed E-state index contributed by atoms with van der Waals surface area (Å²) in [6, 6.07) is 12.2. The summed E-state index contributed by atoms with van der Waals surface area (Å²) in [6.07, 6.45) is 4.67. The van der Waals surface area contributed by atoms with Gasteiger partial charge in [-0.25, -0.2) is 18.4 Å². The zero-order valence-electron chi connectivity index (χ0n) is 15.4. The number of nitrogens with zero attached hydrogens (tertiary/aromatic N) is 4. The SMILES string of the molecule is Cc1ccc(C)c(-n2ccnc2S(=O)(=O)Cc2cc(=O)n3ccccc3n2)c1. The first-order valence-electron chi connectivity index (χ1n) is 8.66. The second-order valence-electron chi connectivity index (χ2n) is 6.64. The number of hydrogen-bond donors (Lipinski definition) is 0. The smallest absolute Gasteiger partial charge is 0.258 e. The van der Waals surface area contributed by atoms with Gasteiger partial charge in [-0.1, -0.05) is 18.2 Å². The number of fused-ring (bicyclic) bond motifs is 1. The van der Waals surface area contributed by atoms with E-state index in [0.717, 1.165) is 16.8 Å². The highest BCUT2D eigenvalue weighted by Crippen LogP contribution is 2.22. The lowest BCUT2D eigenvalue weighted by molar-refractivity contribution is 0.582. The van der Waals surface area contributed by atoms with Crippen LogP contribution in [0.25, 0.3) is 11.3 Å². The lowest BCUT2D eigenvalue weighted by Crippen LogP contribution is -2.18. The molecule has 3 heterocycles. The molecule has 142 valence electrons. The highest BCUT2D eigenvalue weighted by molar-refractivity contribution is 7.90. The van der Waals surface area contributed by atoms with Crippen molar-refractivity contribution >= 4 is 15.5 Å². The first-order chi connectivity index (χ1) is 13.3. The molecule has 0 aliphatic rings. The Morgan fingerprint density at radius 3 is 2.68 bits per heavy atom. The van der Waals surface area contributed by atoms with Gasteiger partial charge in [0.1, 0.15) is 11.4 Å². The van der Waals surface area contributed by atoms with Gasteiger partial charge in [-0.2, -0.15) is 0 Å². The maximum Gasteiger partial charge on any atom is 0.258 e. The van der Waals surface area contributed by atoms with Crippen LogP contribution in [0.3, 0.4) is 0 Å². The molecule has 4 aromatic rings. The van der Waals surface area contributed by atoms with Crippen LogP contribution in [0.2, 0.25) is 0 Å². The van der Waals surface area contributed by atoms with E-state index < -0.39 is 15.6 Å². The van der Waals surface area contributed by atoms with Gasteiger partial charge in [-0.3, -0.25) is 13.8 Å². The maximum atomic E-state index is 13.1. The predicted octanol–water partition coefficient (Wildman–Crippen LogP) is 2.47. The van der Waals surface area contributed by atoms with Gasteiger partial charge in [0.25, 0.3) is 5.56 Å². The van der Waals surface area contributed by atoms with Crippen molar-refractivity contribution < 1.29 is 8.42 Å². The summed E-state index contributed by atoms with van der Waals surface area (Å²) in [5.74, 6) is -0.407. The number of rotatable bonds is 4. The number of aryl methyl sites for hydroxylation is 2. The maximum absolute atomic E-state index is 13.1. The molecule has 8 heteroatoms. The molecule has 0 unspecified atom stereocenters. The predicted molar refractivity (Wildman–Crippen MR) is 105 cm³/mol. The van der Waals surface area contributed by atoms with Crippen molar-refractivity contribution in [2.24, 2.45) is 0 Å². The molecule has 0 bridgehead atoms. The van der Waals surface area contributed by atoms with Crippen molar-refractivity contribution in [1.29, 1.82) is 0 Å². The molecule has 0 radical (unpaired) electrons. The van der Waals surface area contributed by atoms with E-state index in [2.05, 4.69) is 9.97 Å². The van der Waals surface area contributed by atoms with Crippen LogP contribution in [-0.4, -0.2) is 27.4 Å². The van der Waals surface area contributed by atoms with Gasteiger partial charge in [-0.05, 0) is 43.2 Å². The number of imidazole rings is 1. The van der Waals surface area contributed by atoms with E-state index in [9.17, 15) is 13.2 Å². The largest absolute Gasteiger partial charge is 0.290 e. The van der Waals surface area contributed by atoms with Crippen molar-refractivity contribution in [3.05, 3.63) is 88.2 Å². The minimum Gasteiger partial charge on any atom is -0.290 e. The second-order valence-corrected chi connectivity index (χ2v) is 8.53. The van der Waals surface area contributed by atoms with Crippen molar-refractivity contribution in [3.63, 3.8) is 0 Å². The molecule has 0 saturated heterocycles. The zero-order chi connectivity index (χ0) is 19.9. The van der Waals surface area contributed by atoms with Crippen LogP contribution in [-0.2, 0) is 15.6 Å². The molecular weight excluding hydrogens is 376 g/mol. The summed E-state index contributed by atoms with van der Waals surface area (Å²) < 4.78 is 29.1. The van der Waals surface area contributed by atoms with E-state index in [1.807, 2.05) is 32.0 Å². The molecule has 0 aliphatic carbocycles. The quantitative estimate of drug-likeness (QED) is 0.531. The minimum absolute atomic E-state index is 0.0729. The zero-order valence-corrected chi connectivity index (χ0v) is 16.2. The van der Waals surface area contributed by atoms with Gasteiger partial charge >= 0.3 is 0 Å². The number of pyridine rings is 1. The molecule has 28 heavy (non-hydrogen) atoms. The number of benzene rings is 1. The Morgan fingerprint density at radius 1 is 1.04 bits per heavy atom. The fourth-order valence-corrected chi connectivity index (χ4v) is 4.47. The first kappa shape index (κ1) is 18.1. The van der Waals surface area contributed by atoms with Crippen LogP contribution in [0, 0.1) is 13.8 Å². The third-order valence-corrected chi connectivity index (χ3v) is 6.01. The Bertz CT molecular complexity index is 1350. The van der Waals surface area contributed by atoms with Crippen molar-refractivity contribution in [2.45, 2.75) is 24.8 Å². The highest BCUT2D eigenvalue weighted by atomic mass is 32.2. The van der Waals surface area contributed by atoms with Crippen LogP contribution < -0.4 is 5.56 Å². The monoisotopic (exact) mass is 394 g/mol. The summed E-state index contributed by atoms with van der Waals surface area (Å²) in [4.78, 5) is 20.6. The van der Waals surface area contributed by atoms with Gasteiger partial charge < -0.3 is 0 Å². The molecule has 7 nitrogen and oxygen atoms in total. The summed E-state index contributed by atoms with van der Waals surface area (Å²) in [6.45, 7) is 3.86. The second kappa shape index (κ2) is 6.72. The van der Waals surface area contributed by atoms with Crippen LogP contribution in [0.5, 0.6) is 0 Å². The fourth-order valence-electron chi connectivity index (χ4n) is 3.12. The molecular formula is C20H18N4O3S. The molecule has 0 amide bonds. The minimum atomic E-state index is -3.82. The third kappa shape index (κ3) is 3.22. The number of aromatic nitrogens is 4. The molecule has 0 spiro atoms. The Balaban J connectivity index is 1.78. The highest BCUT2D eigenvalue weighted by Gasteiger charge is 2.24. The van der Waals surface area contributed by atoms with Crippen molar-refractivity contribution in [1.82, 2.24) is 18.9 Å². The van der Waals surface area contributed by atoms with Crippen LogP contribution in [0.1, 0.15) is 16.8 Å². The molecule has 0 fully saturated rings. The van der Waals surface area contributed by atoms with Crippen LogP contribution in [0.4, 0.5) is 0 Å². The molecule has 4 rings (SSSR count). The average Bonchev–Trinajstić information content (AvgIpc) is 3.14. The van der Waals surface area contributed by atoms with Gasteiger partial charge in [0.2, 0.25) is 15.0 Å². The topological polar surface area (TPSA) is 86.3 Å². The van der Waals surface area contributed by atoms with Gasteiger partial charge in [-0.15, -0.1) is 0 Å². The summed E-state index contributed by atoms with van der Waals surface area (Å²) in [7, 11) is -3.82. The molecule has 0 atom stereocenters. The Labute approximate surface area is 161 Å². The van der Waals surface area contributed by atoms with Crippen molar-refractivity contribution in [2.75, 3.05) is 0 Å². The normalized spacial score (nSPS) is 11.8. The van der Waals surface area contributed by atoms with E-state index in [1.165, 1.54) is 16.7 Å². The lowest BCUT2D eigenvalue weighted by Gasteiger charge is -2.12. The number of sulfone groups is 1. The van der Waals surface area contributed by atoms with E-state index in [0.29, 0.717) is 5.65 Å². The molecule has 1 aromatic carbocycles. The summed E-state index contributed by atoms with van der Waals surface area (Å²) >= 11 is 0. The average molecular weight is 394 g/mol. The Morgan fingerprint density at radius 2 is 1.86 bits per heavy atom. The van der Waals surface area contributed by atoms with Crippen molar-refractivity contribution in [3.8, 4) is 5.69 Å². The molecule has 3 aromatic heterocycles. The van der Waals surface area contributed by atoms with E-state index in [-0.39, 0.29) is 16.4 Å². The Kier molecular flexibility index (Phi) is 4.35. The van der Waals surface area contributed by atoms with E-state index in [4.69, 9.17) is 0 Å². The van der Waals surface area contributed by atoms with Gasteiger partial charge in [0, 0.05) is 24.7 Å². The van der Waals surface area contributed by atoms with Gasteiger partial charge in [0.15, 0.2) is 0 Å². The molecule has 0 aliphatic heterocycles. The van der Waals surface area contributed by atoms with E-state index in [1.54, 1.807) is 35.2 Å². The number of hydrogen-bond acceptors (Lipinski definition) is 5. The molecule has 0 N–H and O–H groups in total. The summed E-state index contributed by atoms with van der Waals surface area (Å²) in [5.41, 5.74) is 2.96. The third-order valence-electron chi connectivity index (χ3n) is 4.47. The van der Waals surface area contributed by atoms with Crippen LogP contribution >= 0.6 is 0 Å². The lowest BCUT2D eigenvalue weighted by atomic mass is 10.1. The first-order valence-corrected chi connectivity index (χ1v) is 10.3. The fraction of sp³-hybridized carbons (Fsp3) is 0.150.